The van der Waals surface area contributed by atoms with Crippen LogP contribution in [-0.2, 0) is 16.0 Å². The zero-order valence-corrected chi connectivity index (χ0v) is 14.2. The lowest BCUT2D eigenvalue weighted by Gasteiger charge is -2.25. The van der Waals surface area contributed by atoms with Crippen molar-refractivity contribution in [3.8, 4) is 0 Å². The van der Waals surface area contributed by atoms with Gasteiger partial charge < -0.3 is 5.73 Å². The third-order valence-corrected chi connectivity index (χ3v) is 6.58. The number of thiophene rings is 1. The number of hydrogen-bond acceptors (Lipinski definition) is 6. The molecule has 1 aromatic heterocycles. The van der Waals surface area contributed by atoms with E-state index in [1.807, 2.05) is 5.38 Å². The fourth-order valence-corrected chi connectivity index (χ4v) is 5.22. The Labute approximate surface area is 142 Å². The van der Waals surface area contributed by atoms with Crippen molar-refractivity contribution in [1.82, 2.24) is 0 Å². The van der Waals surface area contributed by atoms with Gasteiger partial charge in [-0.05, 0) is 29.7 Å². The lowest BCUT2D eigenvalue weighted by Crippen LogP contribution is -2.20. The van der Waals surface area contributed by atoms with Crippen LogP contribution >= 0.6 is 23.1 Å². The average Bonchev–Trinajstić information content (AvgIpc) is 2.92. The van der Waals surface area contributed by atoms with E-state index in [1.54, 1.807) is 0 Å². The second-order valence-corrected chi connectivity index (χ2v) is 8.34. The minimum Gasteiger partial charge on any atom is -0.366 e. The van der Waals surface area contributed by atoms with Crippen LogP contribution in [0.1, 0.15) is 58.8 Å². The van der Waals surface area contributed by atoms with E-state index in [0.29, 0.717) is 16.5 Å². The predicted octanol–water partition coefficient (Wildman–Crippen LogP) is 2.67. The van der Waals surface area contributed by atoms with Gasteiger partial charge in [0.05, 0.1) is 22.3 Å². The topological polar surface area (TPSA) is 101 Å². The minimum atomic E-state index is -0.468. The number of Topliss-reactive ketones (excluding diaryl/α,β-unsaturated/α-hetero) is 2. The summed E-state index contributed by atoms with van der Waals surface area (Å²) in [4.78, 5) is 36.5. The first-order valence-electron chi connectivity index (χ1n) is 7.64. The van der Waals surface area contributed by atoms with E-state index < -0.39 is 11.2 Å². The van der Waals surface area contributed by atoms with Crippen LogP contribution in [-0.4, -0.2) is 27.8 Å². The second-order valence-electron chi connectivity index (χ2n) is 6.07. The number of ketones is 2. The van der Waals surface area contributed by atoms with Crippen LogP contribution < -0.4 is 5.73 Å². The quantitative estimate of drug-likeness (QED) is 0.823. The standard InChI is InChI=1S/C16H18N2O3S2/c17-14-6-11(20)12(23-14)4-9(19)5-13-15(16(18)21)10(7-22-13)8-2-1-3-8/h7-8,12,17H,1-6H2,(H2,18,21). The molecule has 1 aromatic rings. The molecule has 5 nitrogen and oxygen atoms in total. The summed E-state index contributed by atoms with van der Waals surface area (Å²) in [6.45, 7) is 0. The van der Waals surface area contributed by atoms with Crippen molar-refractivity contribution in [2.75, 3.05) is 0 Å². The van der Waals surface area contributed by atoms with E-state index in [9.17, 15) is 14.4 Å². The van der Waals surface area contributed by atoms with Gasteiger partial charge in [-0.3, -0.25) is 19.8 Å². The maximum absolute atomic E-state index is 12.3. The molecule has 0 bridgehead atoms. The van der Waals surface area contributed by atoms with E-state index >= 15 is 0 Å². The minimum absolute atomic E-state index is 0.0511. The van der Waals surface area contributed by atoms with Crippen LogP contribution in [0.15, 0.2) is 5.38 Å². The van der Waals surface area contributed by atoms with Gasteiger partial charge in [0, 0.05) is 17.7 Å². The van der Waals surface area contributed by atoms with Gasteiger partial charge in [-0.1, -0.05) is 18.2 Å². The smallest absolute Gasteiger partial charge is 0.250 e. The molecule has 1 aliphatic carbocycles. The highest BCUT2D eigenvalue weighted by atomic mass is 32.2. The number of hydrogen-bond donors (Lipinski definition) is 2. The third-order valence-electron chi connectivity index (χ3n) is 4.44. The summed E-state index contributed by atoms with van der Waals surface area (Å²) in [6.07, 6.45) is 3.72. The fourth-order valence-electron chi connectivity index (χ4n) is 3.01. The zero-order chi connectivity index (χ0) is 16.6. The summed E-state index contributed by atoms with van der Waals surface area (Å²) in [6, 6.07) is 0. The summed E-state index contributed by atoms with van der Waals surface area (Å²) >= 11 is 2.58. The van der Waals surface area contributed by atoms with E-state index in [0.717, 1.165) is 23.3 Å². The highest BCUT2D eigenvalue weighted by Crippen LogP contribution is 2.41. The molecule has 1 atom stereocenters. The molecule has 2 heterocycles. The molecule has 23 heavy (non-hydrogen) atoms. The van der Waals surface area contributed by atoms with Gasteiger partial charge >= 0.3 is 0 Å². The normalized spacial score (nSPS) is 21.5. The molecule has 1 amide bonds. The summed E-state index contributed by atoms with van der Waals surface area (Å²) in [5.74, 6) is -0.200. The van der Waals surface area contributed by atoms with Crippen molar-refractivity contribution in [3.63, 3.8) is 0 Å². The number of rotatable bonds is 6. The van der Waals surface area contributed by atoms with Crippen LogP contribution in [0, 0.1) is 5.41 Å². The monoisotopic (exact) mass is 350 g/mol. The Balaban J connectivity index is 1.71. The van der Waals surface area contributed by atoms with Crippen molar-refractivity contribution >= 4 is 45.6 Å². The lowest BCUT2D eigenvalue weighted by atomic mass is 9.79. The predicted molar refractivity (Wildman–Crippen MR) is 91.5 cm³/mol. The summed E-state index contributed by atoms with van der Waals surface area (Å²) in [5, 5.41) is 9.37. The summed E-state index contributed by atoms with van der Waals surface area (Å²) in [7, 11) is 0. The number of primary amides is 1. The Morgan fingerprint density at radius 1 is 1.35 bits per heavy atom. The van der Waals surface area contributed by atoms with Crippen LogP contribution in [0.2, 0.25) is 0 Å². The highest BCUT2D eigenvalue weighted by Gasteiger charge is 2.32. The maximum Gasteiger partial charge on any atom is 0.250 e. The SMILES string of the molecule is N=C1CC(=O)C(CC(=O)Cc2scc(C3CCC3)c2C(N)=O)S1. The van der Waals surface area contributed by atoms with Gasteiger partial charge in [0.25, 0.3) is 0 Å². The van der Waals surface area contributed by atoms with Gasteiger partial charge in [0.1, 0.15) is 5.78 Å². The average molecular weight is 350 g/mol. The largest absolute Gasteiger partial charge is 0.366 e. The number of nitrogens with two attached hydrogens (primary N) is 1. The molecule has 0 radical (unpaired) electrons. The number of carbonyl (C=O) groups excluding carboxylic acids is 3. The molecule has 7 heteroatoms. The molecule has 2 aliphatic rings. The molecule has 2 fully saturated rings. The second kappa shape index (κ2) is 6.57. The fraction of sp³-hybridized carbons (Fsp3) is 0.500. The molecule has 0 spiro atoms. The third kappa shape index (κ3) is 3.40. The van der Waals surface area contributed by atoms with Crippen molar-refractivity contribution in [2.45, 2.75) is 49.7 Å². The molecule has 1 saturated carbocycles. The van der Waals surface area contributed by atoms with Gasteiger partial charge in [-0.2, -0.15) is 0 Å². The Morgan fingerprint density at radius 2 is 2.09 bits per heavy atom. The molecular formula is C16H18N2O3S2. The molecule has 122 valence electrons. The van der Waals surface area contributed by atoms with Crippen LogP contribution in [0.5, 0.6) is 0 Å². The molecule has 0 aromatic carbocycles. The van der Waals surface area contributed by atoms with Crippen molar-refractivity contribution < 1.29 is 14.4 Å². The molecule has 1 saturated heterocycles. The first-order valence-corrected chi connectivity index (χ1v) is 9.40. The number of carbonyl (C=O) groups is 3. The molecule has 1 unspecified atom stereocenters. The van der Waals surface area contributed by atoms with E-state index in [4.69, 9.17) is 11.1 Å². The molecule has 3 N–H and O–H groups in total. The van der Waals surface area contributed by atoms with Gasteiger partial charge in [-0.15, -0.1) is 11.3 Å². The Morgan fingerprint density at radius 3 is 2.61 bits per heavy atom. The van der Waals surface area contributed by atoms with E-state index in [2.05, 4.69) is 0 Å². The molecular weight excluding hydrogens is 332 g/mol. The molecule has 1 aliphatic heterocycles. The van der Waals surface area contributed by atoms with Crippen LogP contribution in [0.4, 0.5) is 0 Å². The first-order chi connectivity index (χ1) is 11.0. The maximum atomic E-state index is 12.3. The van der Waals surface area contributed by atoms with E-state index in [1.165, 1.54) is 29.5 Å². The number of amides is 1. The van der Waals surface area contributed by atoms with Gasteiger partial charge in [-0.25, -0.2) is 0 Å². The zero-order valence-electron chi connectivity index (χ0n) is 12.6. The number of nitrogens with one attached hydrogen (secondary N) is 1. The van der Waals surface area contributed by atoms with Crippen molar-refractivity contribution in [1.29, 1.82) is 5.41 Å². The molecule has 3 rings (SSSR count). The van der Waals surface area contributed by atoms with E-state index in [-0.39, 0.29) is 30.8 Å². The summed E-state index contributed by atoms with van der Waals surface area (Å²) in [5.41, 5.74) is 7.04. The van der Waals surface area contributed by atoms with Gasteiger partial charge in [0.2, 0.25) is 5.91 Å². The van der Waals surface area contributed by atoms with Crippen molar-refractivity contribution in [3.05, 3.63) is 21.4 Å². The van der Waals surface area contributed by atoms with Crippen LogP contribution in [0.3, 0.4) is 0 Å². The highest BCUT2D eigenvalue weighted by molar-refractivity contribution is 8.15. The number of thioether (sulfide) groups is 1. The lowest BCUT2D eigenvalue weighted by molar-refractivity contribution is -0.122. The Kier molecular flexibility index (Phi) is 4.68. The summed E-state index contributed by atoms with van der Waals surface area (Å²) < 4.78 is 0. The first kappa shape index (κ1) is 16.4. The van der Waals surface area contributed by atoms with Crippen LogP contribution in [0.25, 0.3) is 0 Å². The Hall–Kier alpha value is -1.47. The van der Waals surface area contributed by atoms with Crippen molar-refractivity contribution in [2.24, 2.45) is 5.73 Å². The Bertz CT molecular complexity index is 691. The van der Waals surface area contributed by atoms with Gasteiger partial charge in [0.15, 0.2) is 5.78 Å².